The highest BCUT2D eigenvalue weighted by molar-refractivity contribution is 7.86. The molecule has 0 unspecified atom stereocenters. The van der Waals surface area contributed by atoms with Gasteiger partial charge in [-0.3, -0.25) is 9.61 Å². The maximum atomic E-state index is 12.2. The molecule has 6 nitrogen and oxygen atoms in total. The molecule has 1 aliphatic heterocycles. The van der Waals surface area contributed by atoms with E-state index in [0.29, 0.717) is 19.1 Å². The molecule has 0 bridgehead atoms. The molecule has 24 heavy (non-hydrogen) atoms. The quantitative estimate of drug-likeness (QED) is 0.602. The van der Waals surface area contributed by atoms with Crippen molar-refractivity contribution >= 4 is 10.1 Å². The van der Waals surface area contributed by atoms with Gasteiger partial charge in [-0.1, -0.05) is 26.2 Å². The van der Waals surface area contributed by atoms with Gasteiger partial charge in [0.05, 0.1) is 18.5 Å². The molecule has 1 heterocycles. The number of rotatable bonds is 10. The van der Waals surface area contributed by atoms with Crippen LogP contribution in [0, 0.1) is 0 Å². The van der Waals surface area contributed by atoms with Gasteiger partial charge in [-0.15, -0.1) is 0 Å². The lowest BCUT2D eigenvalue weighted by Crippen LogP contribution is -2.49. The van der Waals surface area contributed by atoms with Crippen LogP contribution in [0.4, 0.5) is 0 Å². The van der Waals surface area contributed by atoms with E-state index in [2.05, 4.69) is 17.4 Å². The van der Waals surface area contributed by atoms with E-state index in [1.807, 2.05) is 0 Å². The lowest BCUT2D eigenvalue weighted by molar-refractivity contribution is 0.0694. The first-order chi connectivity index (χ1) is 11.5. The number of nitrogens with one attached hydrogen (secondary N) is 1. The Hall–Kier alpha value is -0.210. The molecule has 0 radical (unpaired) electrons. The third-order valence-corrected chi connectivity index (χ3v) is 6.43. The van der Waals surface area contributed by atoms with Crippen molar-refractivity contribution in [3.63, 3.8) is 0 Å². The van der Waals surface area contributed by atoms with E-state index in [-0.39, 0.29) is 17.9 Å². The van der Waals surface area contributed by atoms with Crippen molar-refractivity contribution in [1.29, 1.82) is 0 Å². The zero-order chi connectivity index (χ0) is 17.4. The van der Waals surface area contributed by atoms with Crippen LogP contribution < -0.4 is 5.43 Å². The Morgan fingerprint density at radius 3 is 2.58 bits per heavy atom. The van der Waals surface area contributed by atoms with Crippen LogP contribution in [0.3, 0.4) is 0 Å². The first-order valence-corrected chi connectivity index (χ1v) is 11.0. The maximum Gasteiger partial charge on any atom is 0.267 e. The summed E-state index contributed by atoms with van der Waals surface area (Å²) in [5.74, 6) is 0.0950. The van der Waals surface area contributed by atoms with Crippen LogP contribution in [0.1, 0.15) is 64.7 Å². The van der Waals surface area contributed by atoms with E-state index in [1.54, 1.807) is 7.11 Å². The van der Waals surface area contributed by atoms with E-state index in [1.165, 1.54) is 6.42 Å². The molecule has 0 aromatic heterocycles. The number of methoxy groups -OCH3 is 1. The smallest absolute Gasteiger partial charge is 0.267 e. The highest BCUT2D eigenvalue weighted by atomic mass is 32.2. The summed E-state index contributed by atoms with van der Waals surface area (Å²) in [5, 5.41) is 2.23. The number of hydrogen-bond donors (Lipinski definition) is 1. The minimum Gasteiger partial charge on any atom is -0.383 e. The zero-order valence-electron chi connectivity index (χ0n) is 15.2. The number of hydrogen-bond acceptors (Lipinski definition) is 6. The molecular weight excluding hydrogens is 328 g/mol. The molecule has 7 heteroatoms. The molecule has 0 spiro atoms. The van der Waals surface area contributed by atoms with E-state index < -0.39 is 10.1 Å². The third-order valence-electron chi connectivity index (χ3n) is 5.13. The average Bonchev–Trinajstić information content (AvgIpc) is 2.99. The number of hydrazine groups is 1. The SMILES string of the molecule is CC[C@H](CCS(=O)(=O)OC1CCCCC1)NN1CCC[C@H]1COC. The molecule has 1 saturated heterocycles. The molecule has 1 saturated carbocycles. The lowest BCUT2D eigenvalue weighted by atomic mass is 9.98. The molecule has 0 aromatic rings. The van der Waals surface area contributed by atoms with Gasteiger partial charge in [0.15, 0.2) is 0 Å². The second-order valence-electron chi connectivity index (χ2n) is 7.09. The van der Waals surface area contributed by atoms with E-state index in [0.717, 1.165) is 51.5 Å². The van der Waals surface area contributed by atoms with Crippen molar-refractivity contribution in [3.05, 3.63) is 0 Å². The van der Waals surface area contributed by atoms with Crippen molar-refractivity contribution in [3.8, 4) is 0 Å². The Labute approximate surface area is 147 Å². The van der Waals surface area contributed by atoms with Crippen LogP contribution in [0.15, 0.2) is 0 Å². The minimum absolute atomic E-state index is 0.0950. The fraction of sp³-hybridized carbons (Fsp3) is 1.00. The Balaban J connectivity index is 1.77. The number of nitrogens with zero attached hydrogens (tertiary/aromatic N) is 1. The number of ether oxygens (including phenoxy) is 1. The van der Waals surface area contributed by atoms with Gasteiger partial charge < -0.3 is 4.74 Å². The average molecular weight is 363 g/mol. The van der Waals surface area contributed by atoms with Crippen molar-refractivity contribution in [2.24, 2.45) is 0 Å². The predicted molar refractivity (Wildman–Crippen MR) is 95.2 cm³/mol. The van der Waals surface area contributed by atoms with Crippen LogP contribution in [0.2, 0.25) is 0 Å². The van der Waals surface area contributed by atoms with Crippen LogP contribution in [-0.4, -0.2) is 57.6 Å². The Morgan fingerprint density at radius 2 is 1.92 bits per heavy atom. The maximum absolute atomic E-state index is 12.2. The Morgan fingerprint density at radius 1 is 1.17 bits per heavy atom. The Kier molecular flexibility index (Phi) is 8.43. The van der Waals surface area contributed by atoms with Crippen LogP contribution in [0.25, 0.3) is 0 Å². The molecule has 2 rings (SSSR count). The molecule has 2 aliphatic rings. The molecule has 1 N–H and O–H groups in total. The van der Waals surface area contributed by atoms with Crippen molar-refractivity contribution < 1.29 is 17.3 Å². The van der Waals surface area contributed by atoms with Gasteiger partial charge in [-0.25, -0.2) is 5.01 Å². The standard InChI is InChI=1S/C17H34N2O4S/c1-3-15(18-19-12-7-8-16(19)14-22-2)11-13-24(20,21)23-17-9-5-4-6-10-17/h15-18H,3-14H2,1-2H3/t15-,16+/m1/s1. The summed E-state index contributed by atoms with van der Waals surface area (Å²) in [6, 6.07) is 0.548. The fourth-order valence-corrected chi connectivity index (χ4v) is 4.95. The topological polar surface area (TPSA) is 67.9 Å². The highest BCUT2D eigenvalue weighted by Crippen LogP contribution is 2.22. The first-order valence-electron chi connectivity index (χ1n) is 9.46. The van der Waals surface area contributed by atoms with Crippen molar-refractivity contribution in [2.45, 2.75) is 82.9 Å². The van der Waals surface area contributed by atoms with Gasteiger partial charge >= 0.3 is 0 Å². The fourth-order valence-electron chi connectivity index (χ4n) is 3.67. The largest absolute Gasteiger partial charge is 0.383 e. The van der Waals surface area contributed by atoms with Crippen LogP contribution in [-0.2, 0) is 19.0 Å². The summed E-state index contributed by atoms with van der Waals surface area (Å²) in [7, 11) is -1.70. The molecule has 142 valence electrons. The Bertz CT molecular complexity index is 452. The normalized spacial score (nSPS) is 25.2. The summed E-state index contributed by atoms with van der Waals surface area (Å²) in [5.41, 5.74) is 3.51. The van der Waals surface area contributed by atoms with Gasteiger partial charge in [0.25, 0.3) is 10.1 Å². The zero-order valence-corrected chi connectivity index (χ0v) is 16.0. The lowest BCUT2D eigenvalue weighted by Gasteiger charge is -2.29. The van der Waals surface area contributed by atoms with Crippen LogP contribution >= 0.6 is 0 Å². The predicted octanol–water partition coefficient (Wildman–Crippen LogP) is 2.45. The van der Waals surface area contributed by atoms with Gasteiger partial charge in [0.1, 0.15) is 0 Å². The van der Waals surface area contributed by atoms with Gasteiger partial charge in [0, 0.05) is 25.7 Å². The molecule has 2 atom stereocenters. The summed E-state index contributed by atoms with van der Waals surface area (Å²) >= 11 is 0. The second kappa shape index (κ2) is 10.1. The van der Waals surface area contributed by atoms with E-state index in [9.17, 15) is 8.42 Å². The first kappa shape index (κ1) is 20.1. The summed E-state index contributed by atoms with van der Waals surface area (Å²) in [6.45, 7) is 3.80. The molecule has 2 fully saturated rings. The van der Waals surface area contributed by atoms with Crippen molar-refractivity contribution in [2.75, 3.05) is 26.0 Å². The minimum atomic E-state index is -3.43. The molecular formula is C17H34N2O4S. The third kappa shape index (κ3) is 6.59. The van der Waals surface area contributed by atoms with E-state index in [4.69, 9.17) is 8.92 Å². The van der Waals surface area contributed by atoms with Gasteiger partial charge in [0.2, 0.25) is 0 Å². The monoisotopic (exact) mass is 362 g/mol. The highest BCUT2D eigenvalue weighted by Gasteiger charge is 2.27. The molecule has 0 aromatic carbocycles. The second-order valence-corrected chi connectivity index (χ2v) is 8.80. The molecule has 1 aliphatic carbocycles. The van der Waals surface area contributed by atoms with Crippen LogP contribution in [0.5, 0.6) is 0 Å². The van der Waals surface area contributed by atoms with E-state index >= 15 is 0 Å². The van der Waals surface area contributed by atoms with Gasteiger partial charge in [-0.05, 0) is 38.5 Å². The summed E-state index contributed by atoms with van der Waals surface area (Å²) in [6.07, 6.45) is 8.77. The molecule has 0 amide bonds. The van der Waals surface area contributed by atoms with Gasteiger partial charge in [-0.2, -0.15) is 8.42 Å². The summed E-state index contributed by atoms with van der Waals surface area (Å²) in [4.78, 5) is 0. The van der Waals surface area contributed by atoms with Crippen molar-refractivity contribution in [1.82, 2.24) is 10.4 Å². The summed E-state index contributed by atoms with van der Waals surface area (Å²) < 4.78 is 35.2.